The van der Waals surface area contributed by atoms with Crippen LogP contribution >= 0.6 is 0 Å². The van der Waals surface area contributed by atoms with E-state index in [1.807, 2.05) is 54.6 Å². The topological polar surface area (TPSA) is 101 Å². The fourth-order valence-electron chi connectivity index (χ4n) is 3.59. The summed E-state index contributed by atoms with van der Waals surface area (Å²) < 4.78 is 1.64. The number of aromatic nitrogens is 4. The first-order chi connectivity index (χ1) is 16.7. The molecule has 8 nitrogen and oxygen atoms in total. The van der Waals surface area contributed by atoms with Gasteiger partial charge in [0.1, 0.15) is 5.56 Å². The zero-order valence-corrected chi connectivity index (χ0v) is 18.1. The highest BCUT2D eigenvalue weighted by Gasteiger charge is 2.17. The minimum absolute atomic E-state index is 0.257. The summed E-state index contributed by atoms with van der Waals surface area (Å²) in [5.74, 6) is -0.620. The summed E-state index contributed by atoms with van der Waals surface area (Å²) in [6.07, 6.45) is 4.83. The fourth-order valence-corrected chi connectivity index (χ4v) is 3.59. The van der Waals surface area contributed by atoms with Crippen LogP contribution in [-0.4, -0.2) is 31.4 Å². The standard InChI is InChI=1S/C26H20N6O2/c33-25(29-16-21-10-4-5-13-27-21)19-9-6-11-20(15-19)31-26(34)22-17-30-32-23(12-14-28-24(22)32)18-7-2-1-3-8-18/h1-15,17H,16H2,(H,29,33)(H,31,34). The van der Waals surface area contributed by atoms with Crippen LogP contribution in [0.2, 0.25) is 0 Å². The van der Waals surface area contributed by atoms with Crippen LogP contribution in [0.15, 0.2) is 97.5 Å². The molecule has 0 fully saturated rings. The molecule has 0 aliphatic carbocycles. The summed E-state index contributed by atoms with van der Waals surface area (Å²) in [5.41, 5.74) is 4.26. The zero-order valence-electron chi connectivity index (χ0n) is 18.1. The number of rotatable bonds is 6. The maximum absolute atomic E-state index is 13.0. The van der Waals surface area contributed by atoms with Crippen LogP contribution in [-0.2, 0) is 6.54 Å². The van der Waals surface area contributed by atoms with Crippen molar-refractivity contribution in [1.82, 2.24) is 24.9 Å². The van der Waals surface area contributed by atoms with Crippen LogP contribution < -0.4 is 10.6 Å². The number of amides is 2. The largest absolute Gasteiger partial charge is 0.346 e. The van der Waals surface area contributed by atoms with Crippen LogP contribution in [0, 0.1) is 0 Å². The van der Waals surface area contributed by atoms with Gasteiger partial charge in [-0.3, -0.25) is 14.6 Å². The fraction of sp³-hybridized carbons (Fsp3) is 0.0385. The molecule has 0 spiro atoms. The maximum atomic E-state index is 13.0. The van der Waals surface area contributed by atoms with Crippen molar-refractivity contribution in [3.05, 3.63) is 114 Å². The van der Waals surface area contributed by atoms with Crippen LogP contribution in [0.1, 0.15) is 26.4 Å². The predicted molar refractivity (Wildman–Crippen MR) is 128 cm³/mol. The van der Waals surface area contributed by atoms with Crippen LogP contribution in [0.4, 0.5) is 5.69 Å². The van der Waals surface area contributed by atoms with Crippen molar-refractivity contribution in [2.24, 2.45) is 0 Å². The number of fused-ring (bicyclic) bond motifs is 1. The maximum Gasteiger partial charge on any atom is 0.261 e. The Balaban J connectivity index is 1.33. The summed E-state index contributed by atoms with van der Waals surface area (Å²) in [6.45, 7) is 0.314. The van der Waals surface area contributed by atoms with Crippen LogP contribution in [0.25, 0.3) is 16.9 Å². The molecule has 0 atom stereocenters. The molecule has 5 rings (SSSR count). The minimum Gasteiger partial charge on any atom is -0.346 e. The monoisotopic (exact) mass is 448 g/mol. The Kier molecular flexibility index (Phi) is 5.77. The summed E-state index contributed by atoms with van der Waals surface area (Å²) >= 11 is 0. The first-order valence-electron chi connectivity index (χ1n) is 10.7. The van der Waals surface area contributed by atoms with E-state index in [-0.39, 0.29) is 11.8 Å². The number of benzene rings is 2. The summed E-state index contributed by atoms with van der Waals surface area (Å²) in [4.78, 5) is 34.1. The molecule has 3 heterocycles. The number of pyridine rings is 1. The van der Waals surface area contributed by atoms with Gasteiger partial charge in [-0.25, -0.2) is 9.50 Å². The molecule has 0 aliphatic rings. The lowest BCUT2D eigenvalue weighted by atomic mass is 10.1. The Morgan fingerprint density at radius 3 is 2.50 bits per heavy atom. The number of anilines is 1. The molecule has 0 bridgehead atoms. The van der Waals surface area contributed by atoms with Crippen molar-refractivity contribution in [2.75, 3.05) is 5.32 Å². The minimum atomic E-state index is -0.362. The molecule has 5 aromatic rings. The molecule has 0 unspecified atom stereocenters. The van der Waals surface area contributed by atoms with E-state index in [1.165, 1.54) is 6.20 Å². The summed E-state index contributed by atoms with van der Waals surface area (Å²) in [5, 5.41) is 10.1. The smallest absolute Gasteiger partial charge is 0.261 e. The van der Waals surface area contributed by atoms with E-state index in [4.69, 9.17) is 0 Å². The van der Waals surface area contributed by atoms with Gasteiger partial charge in [0.15, 0.2) is 5.65 Å². The van der Waals surface area contributed by atoms with E-state index >= 15 is 0 Å². The SMILES string of the molecule is O=C(NCc1ccccn1)c1cccc(NC(=O)c2cnn3c(-c4ccccc4)ccnc23)c1. The predicted octanol–water partition coefficient (Wildman–Crippen LogP) is 3.97. The van der Waals surface area contributed by atoms with Gasteiger partial charge in [-0.1, -0.05) is 42.5 Å². The van der Waals surface area contributed by atoms with Gasteiger partial charge in [0, 0.05) is 29.2 Å². The molecule has 0 aliphatic heterocycles. The Hall–Kier alpha value is -4.85. The van der Waals surface area contributed by atoms with Crippen molar-refractivity contribution in [1.29, 1.82) is 0 Å². The zero-order chi connectivity index (χ0) is 23.3. The Morgan fingerprint density at radius 2 is 1.68 bits per heavy atom. The molecular formula is C26H20N6O2. The van der Waals surface area contributed by atoms with E-state index in [2.05, 4.69) is 25.7 Å². The van der Waals surface area contributed by atoms with Gasteiger partial charge in [0.2, 0.25) is 0 Å². The average molecular weight is 448 g/mol. The highest BCUT2D eigenvalue weighted by atomic mass is 16.2. The molecule has 0 saturated carbocycles. The lowest BCUT2D eigenvalue weighted by molar-refractivity contribution is 0.0949. The van der Waals surface area contributed by atoms with Crippen molar-refractivity contribution in [3.63, 3.8) is 0 Å². The van der Waals surface area contributed by atoms with Gasteiger partial charge in [0.25, 0.3) is 11.8 Å². The Bertz CT molecular complexity index is 1460. The molecule has 0 radical (unpaired) electrons. The third-order valence-electron chi connectivity index (χ3n) is 5.25. The van der Waals surface area contributed by atoms with Gasteiger partial charge in [-0.05, 0) is 36.4 Å². The number of carbonyl (C=O) groups is 2. The molecule has 34 heavy (non-hydrogen) atoms. The van der Waals surface area contributed by atoms with Crippen molar-refractivity contribution in [3.8, 4) is 11.3 Å². The normalized spacial score (nSPS) is 10.7. The molecule has 2 amide bonds. The number of carbonyl (C=O) groups excluding carboxylic acids is 2. The van der Waals surface area contributed by atoms with Gasteiger partial charge in [0.05, 0.1) is 24.1 Å². The average Bonchev–Trinajstić information content (AvgIpc) is 3.33. The van der Waals surface area contributed by atoms with Crippen molar-refractivity contribution in [2.45, 2.75) is 6.54 Å². The second-order valence-electron chi connectivity index (χ2n) is 7.53. The van der Waals surface area contributed by atoms with Crippen molar-refractivity contribution < 1.29 is 9.59 Å². The van der Waals surface area contributed by atoms with Crippen LogP contribution in [0.5, 0.6) is 0 Å². The molecule has 2 aromatic carbocycles. The second-order valence-corrected chi connectivity index (χ2v) is 7.53. The van der Waals surface area contributed by atoms with Crippen molar-refractivity contribution >= 4 is 23.1 Å². The molecular weight excluding hydrogens is 428 g/mol. The summed E-state index contributed by atoms with van der Waals surface area (Å²) in [7, 11) is 0. The number of hydrogen-bond acceptors (Lipinski definition) is 5. The van der Waals surface area contributed by atoms with E-state index in [9.17, 15) is 9.59 Å². The summed E-state index contributed by atoms with van der Waals surface area (Å²) in [6, 6.07) is 23.9. The molecule has 166 valence electrons. The molecule has 8 heteroatoms. The third kappa shape index (κ3) is 4.37. The van der Waals surface area contributed by atoms with Gasteiger partial charge < -0.3 is 10.6 Å². The van der Waals surface area contributed by atoms with Gasteiger partial charge in [-0.15, -0.1) is 0 Å². The van der Waals surface area contributed by atoms with E-state index in [0.717, 1.165) is 17.0 Å². The quantitative estimate of drug-likeness (QED) is 0.409. The Morgan fingerprint density at radius 1 is 0.824 bits per heavy atom. The molecule has 3 aromatic heterocycles. The first-order valence-corrected chi connectivity index (χ1v) is 10.7. The van der Waals surface area contributed by atoms with Gasteiger partial charge in [-0.2, -0.15) is 5.10 Å². The van der Waals surface area contributed by atoms with E-state index in [0.29, 0.717) is 29.0 Å². The van der Waals surface area contributed by atoms with Gasteiger partial charge >= 0.3 is 0 Å². The number of nitrogens with one attached hydrogen (secondary N) is 2. The second kappa shape index (κ2) is 9.33. The first kappa shape index (κ1) is 21.0. The lowest BCUT2D eigenvalue weighted by Gasteiger charge is -2.08. The number of hydrogen-bond donors (Lipinski definition) is 2. The van der Waals surface area contributed by atoms with E-state index < -0.39 is 0 Å². The molecule has 2 N–H and O–H groups in total. The highest BCUT2D eigenvalue weighted by molar-refractivity contribution is 6.08. The van der Waals surface area contributed by atoms with E-state index in [1.54, 1.807) is 41.2 Å². The lowest BCUT2D eigenvalue weighted by Crippen LogP contribution is -2.23. The third-order valence-corrected chi connectivity index (χ3v) is 5.25. The molecule has 0 saturated heterocycles. The highest BCUT2D eigenvalue weighted by Crippen LogP contribution is 2.21. The Labute approximate surface area is 195 Å². The van der Waals surface area contributed by atoms with Crippen LogP contribution in [0.3, 0.4) is 0 Å². The number of nitrogens with zero attached hydrogens (tertiary/aromatic N) is 4.